The molecule has 0 unspecified atom stereocenters. The number of nitrogens with zero attached hydrogens (tertiary/aromatic N) is 3. The van der Waals surface area contributed by atoms with Crippen molar-refractivity contribution in [3.05, 3.63) is 52.1 Å². The zero-order valence-corrected chi connectivity index (χ0v) is 17.9. The predicted molar refractivity (Wildman–Crippen MR) is 122 cm³/mol. The van der Waals surface area contributed by atoms with E-state index in [0.29, 0.717) is 23.7 Å². The molecule has 1 saturated heterocycles. The number of rotatable bonds is 7. The number of carbonyl (C=O) groups excluding carboxylic acids is 1. The van der Waals surface area contributed by atoms with E-state index in [-0.39, 0.29) is 18.2 Å². The molecule has 2 fully saturated rings. The molecule has 9 nitrogen and oxygen atoms in total. The van der Waals surface area contributed by atoms with Crippen molar-refractivity contribution in [3.63, 3.8) is 0 Å². The second kappa shape index (κ2) is 8.66. The summed E-state index contributed by atoms with van der Waals surface area (Å²) in [5, 5.41) is 17.3. The molecular formula is C23H27N5O4. The monoisotopic (exact) mass is 437 g/mol. The van der Waals surface area contributed by atoms with Crippen LogP contribution in [0.1, 0.15) is 18.4 Å². The average Bonchev–Trinajstić information content (AvgIpc) is 3.62. The molecule has 0 aromatic heterocycles. The molecule has 1 saturated carbocycles. The smallest absolute Gasteiger partial charge is 0.296 e. The van der Waals surface area contributed by atoms with Crippen LogP contribution in [0, 0.1) is 16.0 Å². The number of anilines is 3. The third kappa shape index (κ3) is 4.62. The third-order valence-corrected chi connectivity index (χ3v) is 6.30. The van der Waals surface area contributed by atoms with Gasteiger partial charge in [-0.3, -0.25) is 19.8 Å². The molecule has 9 heteroatoms. The fourth-order valence-corrected chi connectivity index (χ4v) is 4.28. The lowest BCUT2D eigenvalue weighted by atomic mass is 10.1. The van der Waals surface area contributed by atoms with Gasteiger partial charge in [0.2, 0.25) is 0 Å². The Morgan fingerprint density at radius 1 is 1.12 bits per heavy atom. The van der Waals surface area contributed by atoms with Crippen LogP contribution in [0.5, 0.6) is 5.75 Å². The van der Waals surface area contributed by atoms with Crippen molar-refractivity contribution in [1.29, 1.82) is 0 Å². The van der Waals surface area contributed by atoms with E-state index in [1.165, 1.54) is 31.1 Å². The summed E-state index contributed by atoms with van der Waals surface area (Å²) in [6, 6.07) is 11.2. The van der Waals surface area contributed by atoms with Gasteiger partial charge in [-0.2, -0.15) is 0 Å². The minimum atomic E-state index is -0.450. The number of nitrogens with one attached hydrogen (secondary N) is 2. The molecule has 0 bridgehead atoms. The van der Waals surface area contributed by atoms with E-state index in [2.05, 4.69) is 32.6 Å². The maximum Gasteiger partial charge on any atom is 0.296 e. The molecule has 0 spiro atoms. The van der Waals surface area contributed by atoms with Gasteiger partial charge in [-0.1, -0.05) is 12.1 Å². The molecule has 32 heavy (non-hydrogen) atoms. The summed E-state index contributed by atoms with van der Waals surface area (Å²) in [5.74, 6) is 0.966. The van der Waals surface area contributed by atoms with Gasteiger partial charge in [0.05, 0.1) is 16.7 Å². The van der Waals surface area contributed by atoms with Crippen molar-refractivity contribution in [2.45, 2.75) is 19.4 Å². The van der Waals surface area contributed by atoms with Gasteiger partial charge in [-0.25, -0.2) is 0 Å². The molecule has 2 aromatic rings. The maximum absolute atomic E-state index is 11.6. The SMILES string of the molecule is O=C1COc2cc([N+](=O)[O-])c(NCc3ccc(N4CCN(CC5CC5)CC4)cc3)cc2N1. The Kier molecular flexibility index (Phi) is 5.57. The molecule has 2 aromatic carbocycles. The van der Waals surface area contributed by atoms with Gasteiger partial charge >= 0.3 is 0 Å². The lowest BCUT2D eigenvalue weighted by molar-refractivity contribution is -0.384. The quantitative estimate of drug-likeness (QED) is 0.507. The van der Waals surface area contributed by atoms with Gasteiger partial charge in [0.25, 0.3) is 11.6 Å². The topological polar surface area (TPSA) is 100.0 Å². The Balaban J connectivity index is 1.21. The van der Waals surface area contributed by atoms with Gasteiger partial charge in [-0.15, -0.1) is 0 Å². The van der Waals surface area contributed by atoms with Crippen LogP contribution in [0.4, 0.5) is 22.7 Å². The highest BCUT2D eigenvalue weighted by atomic mass is 16.6. The van der Waals surface area contributed by atoms with Gasteiger partial charge < -0.3 is 20.3 Å². The molecule has 3 aliphatic rings. The van der Waals surface area contributed by atoms with Crippen molar-refractivity contribution in [2.75, 3.05) is 54.9 Å². The molecule has 5 rings (SSSR count). The van der Waals surface area contributed by atoms with Crippen LogP contribution < -0.4 is 20.3 Å². The van der Waals surface area contributed by atoms with Crippen LogP contribution in [-0.4, -0.2) is 55.1 Å². The number of ether oxygens (including phenoxy) is 1. The minimum absolute atomic E-state index is 0.0828. The fourth-order valence-electron chi connectivity index (χ4n) is 4.28. The minimum Gasteiger partial charge on any atom is -0.481 e. The standard InChI is InChI=1S/C23H27N5O4/c29-23-15-32-22-12-21(28(30)31)19(11-20(22)25-23)24-13-16-3-5-18(6-4-16)27-9-7-26(8-10-27)14-17-1-2-17/h3-6,11-12,17,24H,1-2,7-10,13-15H2,(H,25,29). The van der Waals surface area contributed by atoms with E-state index >= 15 is 0 Å². The third-order valence-electron chi connectivity index (χ3n) is 6.30. The molecule has 2 N–H and O–H groups in total. The number of hydrogen-bond donors (Lipinski definition) is 2. The lowest BCUT2D eigenvalue weighted by Crippen LogP contribution is -2.47. The molecule has 2 aliphatic heterocycles. The first kappa shape index (κ1) is 20.6. The van der Waals surface area contributed by atoms with E-state index in [9.17, 15) is 14.9 Å². The number of nitro groups is 1. The first-order chi connectivity index (χ1) is 15.5. The number of amides is 1. The summed E-state index contributed by atoms with van der Waals surface area (Å²) in [6.07, 6.45) is 2.79. The highest BCUT2D eigenvalue weighted by Gasteiger charge is 2.26. The van der Waals surface area contributed by atoms with Crippen molar-refractivity contribution >= 4 is 28.7 Å². The molecule has 0 radical (unpaired) electrons. The Labute approximate surface area is 186 Å². The van der Waals surface area contributed by atoms with Gasteiger partial charge in [0.1, 0.15) is 5.69 Å². The van der Waals surface area contributed by atoms with Crippen LogP contribution in [0.2, 0.25) is 0 Å². The maximum atomic E-state index is 11.6. The van der Waals surface area contributed by atoms with Crippen LogP contribution in [0.3, 0.4) is 0 Å². The number of hydrogen-bond acceptors (Lipinski definition) is 7. The summed E-state index contributed by atoms with van der Waals surface area (Å²) in [4.78, 5) is 27.6. The van der Waals surface area contributed by atoms with E-state index in [4.69, 9.17) is 4.74 Å². The largest absolute Gasteiger partial charge is 0.481 e. The molecular weight excluding hydrogens is 410 g/mol. The number of fused-ring (bicyclic) bond motifs is 1. The van der Waals surface area contributed by atoms with E-state index < -0.39 is 4.92 Å². The van der Waals surface area contributed by atoms with E-state index in [1.807, 2.05) is 12.1 Å². The molecule has 168 valence electrons. The van der Waals surface area contributed by atoms with Gasteiger partial charge in [0.15, 0.2) is 12.4 Å². The lowest BCUT2D eigenvalue weighted by Gasteiger charge is -2.36. The van der Waals surface area contributed by atoms with Crippen LogP contribution >= 0.6 is 0 Å². The van der Waals surface area contributed by atoms with E-state index in [0.717, 1.165) is 37.7 Å². The van der Waals surface area contributed by atoms with Crippen molar-refractivity contribution in [2.24, 2.45) is 5.92 Å². The van der Waals surface area contributed by atoms with Crippen LogP contribution in [-0.2, 0) is 11.3 Å². The average molecular weight is 438 g/mol. The van der Waals surface area contributed by atoms with Crippen molar-refractivity contribution in [1.82, 2.24) is 4.90 Å². The second-order valence-corrected chi connectivity index (χ2v) is 8.71. The Bertz CT molecular complexity index is 1010. The molecule has 1 aliphatic carbocycles. The summed E-state index contributed by atoms with van der Waals surface area (Å²) < 4.78 is 5.29. The fraction of sp³-hybridized carbons (Fsp3) is 0.435. The zero-order valence-electron chi connectivity index (χ0n) is 17.9. The first-order valence-corrected chi connectivity index (χ1v) is 11.1. The van der Waals surface area contributed by atoms with Gasteiger partial charge in [-0.05, 0) is 42.5 Å². The molecule has 0 atom stereocenters. The number of carbonyl (C=O) groups is 1. The Morgan fingerprint density at radius 2 is 1.88 bits per heavy atom. The van der Waals surface area contributed by atoms with Crippen molar-refractivity contribution < 1.29 is 14.5 Å². The highest BCUT2D eigenvalue weighted by Crippen LogP contribution is 2.38. The van der Waals surface area contributed by atoms with Gasteiger partial charge in [0, 0.05) is 45.0 Å². The molecule has 2 heterocycles. The predicted octanol–water partition coefficient (Wildman–Crippen LogP) is 3.07. The normalized spacial score (nSPS) is 18.5. The van der Waals surface area contributed by atoms with Crippen LogP contribution in [0.25, 0.3) is 0 Å². The number of piperazine rings is 1. The van der Waals surface area contributed by atoms with Crippen molar-refractivity contribution in [3.8, 4) is 5.75 Å². The number of benzene rings is 2. The summed E-state index contributed by atoms with van der Waals surface area (Å²) >= 11 is 0. The summed E-state index contributed by atoms with van der Waals surface area (Å²) in [5.41, 5.74) is 2.93. The second-order valence-electron chi connectivity index (χ2n) is 8.71. The zero-order chi connectivity index (χ0) is 22.1. The number of nitro benzene ring substituents is 1. The first-order valence-electron chi connectivity index (χ1n) is 11.1. The van der Waals surface area contributed by atoms with E-state index in [1.54, 1.807) is 6.07 Å². The Hall–Kier alpha value is -3.33. The highest BCUT2D eigenvalue weighted by molar-refractivity contribution is 5.96. The van der Waals surface area contributed by atoms with Crippen LogP contribution in [0.15, 0.2) is 36.4 Å². The summed E-state index contributed by atoms with van der Waals surface area (Å²) in [6.45, 7) is 5.86. The molecule has 1 amide bonds. The summed E-state index contributed by atoms with van der Waals surface area (Å²) in [7, 11) is 0. The Morgan fingerprint density at radius 3 is 2.56 bits per heavy atom.